The fourth-order valence-corrected chi connectivity index (χ4v) is 0.743. The van der Waals surface area contributed by atoms with Crippen LogP contribution in [0, 0.1) is 6.42 Å². The Balaban J connectivity index is 2.78. The SMILES string of the molecule is C=C[CH]c1ccc(N)cc1. The molecule has 51 valence electrons. The van der Waals surface area contributed by atoms with Crippen LogP contribution in [-0.2, 0) is 0 Å². The van der Waals surface area contributed by atoms with Gasteiger partial charge in [0, 0.05) is 12.1 Å². The van der Waals surface area contributed by atoms with Gasteiger partial charge in [-0.1, -0.05) is 18.2 Å². The van der Waals surface area contributed by atoms with Crippen LogP contribution in [0.4, 0.5) is 5.69 Å². The van der Waals surface area contributed by atoms with Gasteiger partial charge < -0.3 is 5.73 Å². The molecule has 0 aliphatic carbocycles. The second kappa shape index (κ2) is 3.06. The van der Waals surface area contributed by atoms with Gasteiger partial charge in [0.25, 0.3) is 0 Å². The van der Waals surface area contributed by atoms with E-state index < -0.39 is 0 Å². The number of benzene rings is 1. The molecule has 0 atom stereocenters. The van der Waals surface area contributed by atoms with Crippen LogP contribution in [-0.4, -0.2) is 0 Å². The monoisotopic (exact) mass is 132 g/mol. The molecule has 0 saturated carbocycles. The van der Waals surface area contributed by atoms with Gasteiger partial charge in [-0.3, -0.25) is 0 Å². The van der Waals surface area contributed by atoms with Crippen LogP contribution < -0.4 is 5.73 Å². The van der Waals surface area contributed by atoms with Crippen LogP contribution in [0.15, 0.2) is 36.9 Å². The molecule has 10 heavy (non-hydrogen) atoms. The number of allylic oxidation sites excluding steroid dienone is 1. The highest BCUT2D eigenvalue weighted by atomic mass is 14.5. The number of rotatable bonds is 2. The van der Waals surface area contributed by atoms with Gasteiger partial charge in [-0.25, -0.2) is 0 Å². The summed E-state index contributed by atoms with van der Waals surface area (Å²) >= 11 is 0. The molecule has 0 aromatic heterocycles. The summed E-state index contributed by atoms with van der Waals surface area (Å²) in [5, 5.41) is 0. The first-order valence-corrected chi connectivity index (χ1v) is 3.14. The van der Waals surface area contributed by atoms with Crippen LogP contribution in [0.1, 0.15) is 5.56 Å². The van der Waals surface area contributed by atoms with E-state index in [1.54, 1.807) is 6.08 Å². The third kappa shape index (κ3) is 1.62. The molecule has 0 heterocycles. The Labute approximate surface area is 61.2 Å². The first kappa shape index (κ1) is 6.87. The number of anilines is 1. The van der Waals surface area contributed by atoms with Gasteiger partial charge >= 0.3 is 0 Å². The standard InChI is InChI=1S/C9H10N/c1-2-3-8-4-6-9(10)7-5-8/h2-7H,1,10H2. The summed E-state index contributed by atoms with van der Waals surface area (Å²) < 4.78 is 0. The number of nitrogens with two attached hydrogens (primary N) is 1. The normalized spacial score (nSPS) is 9.20. The summed E-state index contributed by atoms with van der Waals surface area (Å²) in [5.74, 6) is 0. The maximum Gasteiger partial charge on any atom is 0.0314 e. The van der Waals surface area contributed by atoms with Crippen LogP contribution in [0.25, 0.3) is 0 Å². The summed E-state index contributed by atoms with van der Waals surface area (Å²) in [5.41, 5.74) is 7.40. The highest BCUT2D eigenvalue weighted by Gasteiger charge is 1.87. The maximum atomic E-state index is 5.48. The van der Waals surface area contributed by atoms with E-state index >= 15 is 0 Å². The van der Waals surface area contributed by atoms with Crippen LogP contribution >= 0.6 is 0 Å². The minimum absolute atomic E-state index is 0.793. The highest BCUT2D eigenvalue weighted by Crippen LogP contribution is 2.06. The Morgan fingerprint density at radius 2 is 1.80 bits per heavy atom. The van der Waals surface area contributed by atoms with Crippen molar-refractivity contribution in [1.29, 1.82) is 0 Å². The zero-order valence-electron chi connectivity index (χ0n) is 5.75. The molecule has 0 saturated heterocycles. The van der Waals surface area contributed by atoms with Crippen molar-refractivity contribution >= 4 is 5.69 Å². The van der Waals surface area contributed by atoms with E-state index in [0.29, 0.717) is 0 Å². The van der Waals surface area contributed by atoms with Crippen LogP contribution in [0.2, 0.25) is 0 Å². The Hall–Kier alpha value is -1.24. The number of hydrogen-bond donors (Lipinski definition) is 1. The van der Waals surface area contributed by atoms with Crippen LogP contribution in [0.3, 0.4) is 0 Å². The van der Waals surface area contributed by atoms with E-state index in [9.17, 15) is 0 Å². The predicted octanol–water partition coefficient (Wildman–Crippen LogP) is 2.01. The lowest BCUT2D eigenvalue weighted by Gasteiger charge is -1.95. The minimum Gasteiger partial charge on any atom is -0.399 e. The predicted molar refractivity (Wildman–Crippen MR) is 44.5 cm³/mol. The topological polar surface area (TPSA) is 26.0 Å². The van der Waals surface area contributed by atoms with Crippen molar-refractivity contribution in [3.05, 3.63) is 48.9 Å². The first-order chi connectivity index (χ1) is 4.83. The average Bonchev–Trinajstić information content (AvgIpc) is 1.95. The van der Waals surface area contributed by atoms with E-state index in [4.69, 9.17) is 5.73 Å². The summed E-state index contributed by atoms with van der Waals surface area (Å²) in [4.78, 5) is 0. The van der Waals surface area contributed by atoms with Gasteiger partial charge in [0.2, 0.25) is 0 Å². The van der Waals surface area contributed by atoms with Gasteiger partial charge in [-0.15, -0.1) is 6.58 Å². The van der Waals surface area contributed by atoms with Crippen molar-refractivity contribution in [2.45, 2.75) is 0 Å². The zero-order valence-corrected chi connectivity index (χ0v) is 5.75. The van der Waals surface area contributed by atoms with Crippen molar-refractivity contribution in [2.75, 3.05) is 5.73 Å². The molecule has 1 radical (unpaired) electrons. The molecule has 0 aliphatic rings. The van der Waals surface area contributed by atoms with Crippen molar-refractivity contribution < 1.29 is 0 Å². The number of nitrogen functional groups attached to an aromatic ring is 1. The van der Waals surface area contributed by atoms with Crippen molar-refractivity contribution in [3.63, 3.8) is 0 Å². The second-order valence-electron chi connectivity index (χ2n) is 2.07. The molecule has 0 fully saturated rings. The molecule has 1 aromatic rings. The van der Waals surface area contributed by atoms with E-state index in [2.05, 4.69) is 6.58 Å². The van der Waals surface area contributed by atoms with Gasteiger partial charge in [0.15, 0.2) is 0 Å². The first-order valence-electron chi connectivity index (χ1n) is 3.14. The molecule has 1 heteroatoms. The fourth-order valence-electron chi connectivity index (χ4n) is 0.743. The maximum absolute atomic E-state index is 5.48. The van der Waals surface area contributed by atoms with Gasteiger partial charge in [-0.2, -0.15) is 0 Å². The van der Waals surface area contributed by atoms with E-state index in [1.807, 2.05) is 30.7 Å². The summed E-state index contributed by atoms with van der Waals surface area (Å²) in [6.07, 6.45) is 3.69. The van der Waals surface area contributed by atoms with Crippen molar-refractivity contribution in [3.8, 4) is 0 Å². The molecule has 2 N–H and O–H groups in total. The van der Waals surface area contributed by atoms with Crippen molar-refractivity contribution in [1.82, 2.24) is 0 Å². The molecule has 1 rings (SSSR count). The van der Waals surface area contributed by atoms with E-state index in [0.717, 1.165) is 11.3 Å². The molecule has 0 amide bonds. The quantitative estimate of drug-likeness (QED) is 0.612. The molecule has 0 aliphatic heterocycles. The third-order valence-corrected chi connectivity index (χ3v) is 1.25. The Morgan fingerprint density at radius 1 is 1.20 bits per heavy atom. The molecule has 0 spiro atoms. The van der Waals surface area contributed by atoms with Crippen molar-refractivity contribution in [2.24, 2.45) is 0 Å². The Morgan fingerprint density at radius 3 is 2.30 bits per heavy atom. The third-order valence-electron chi connectivity index (χ3n) is 1.25. The van der Waals surface area contributed by atoms with Gasteiger partial charge in [-0.05, 0) is 17.7 Å². The molecule has 1 nitrogen and oxygen atoms in total. The summed E-state index contributed by atoms with van der Waals surface area (Å²) in [6, 6.07) is 7.65. The minimum atomic E-state index is 0.793. The van der Waals surface area contributed by atoms with E-state index in [-0.39, 0.29) is 0 Å². The smallest absolute Gasteiger partial charge is 0.0314 e. The molecule has 0 bridgehead atoms. The van der Waals surface area contributed by atoms with Crippen LogP contribution in [0.5, 0.6) is 0 Å². The lowest BCUT2D eigenvalue weighted by atomic mass is 10.1. The lowest BCUT2D eigenvalue weighted by molar-refractivity contribution is 1.53. The Kier molecular flexibility index (Phi) is 2.11. The molecular formula is C9H10N. The second-order valence-corrected chi connectivity index (χ2v) is 2.07. The fraction of sp³-hybridized carbons (Fsp3) is 0. The molecule has 0 unspecified atom stereocenters. The molecule has 1 aromatic carbocycles. The zero-order chi connectivity index (χ0) is 7.40. The van der Waals surface area contributed by atoms with Gasteiger partial charge in [0.1, 0.15) is 0 Å². The summed E-state index contributed by atoms with van der Waals surface area (Å²) in [6.45, 7) is 3.59. The summed E-state index contributed by atoms with van der Waals surface area (Å²) in [7, 11) is 0. The molecular weight excluding hydrogens is 122 g/mol. The van der Waals surface area contributed by atoms with Gasteiger partial charge in [0.05, 0.1) is 0 Å². The highest BCUT2D eigenvalue weighted by molar-refractivity contribution is 5.42. The lowest BCUT2D eigenvalue weighted by Crippen LogP contribution is -1.83. The number of hydrogen-bond acceptors (Lipinski definition) is 1. The van der Waals surface area contributed by atoms with E-state index in [1.165, 1.54) is 0 Å². The average molecular weight is 132 g/mol. The largest absolute Gasteiger partial charge is 0.399 e. The Bertz CT molecular complexity index is 211.